The van der Waals surface area contributed by atoms with Gasteiger partial charge in [0, 0.05) is 19.5 Å². The molecule has 3 heteroatoms. The molecule has 14 heavy (non-hydrogen) atoms. The number of hydrogen-bond acceptors (Lipinski definition) is 3. The standard InChI is InChI=1S/C11H21NO2/c1-2-3-5-8-11(13)14-12-9-6-4-7-10-12/h2-10H2,1H3. The Balaban J connectivity index is 2.06. The molecule has 0 aromatic rings. The number of nitrogens with zero attached hydrogens (tertiary/aromatic N) is 1. The summed E-state index contributed by atoms with van der Waals surface area (Å²) in [6.45, 7) is 3.97. The topological polar surface area (TPSA) is 29.5 Å². The van der Waals surface area contributed by atoms with Crippen LogP contribution in [0.2, 0.25) is 0 Å². The van der Waals surface area contributed by atoms with E-state index in [-0.39, 0.29) is 5.97 Å². The number of rotatable bonds is 5. The van der Waals surface area contributed by atoms with E-state index in [2.05, 4.69) is 6.92 Å². The average molecular weight is 199 g/mol. The van der Waals surface area contributed by atoms with Crippen molar-refractivity contribution in [3.8, 4) is 0 Å². The van der Waals surface area contributed by atoms with Crippen LogP contribution in [0.5, 0.6) is 0 Å². The van der Waals surface area contributed by atoms with E-state index >= 15 is 0 Å². The molecule has 0 aromatic carbocycles. The summed E-state index contributed by atoms with van der Waals surface area (Å²) in [5, 5.41) is 1.82. The minimum absolute atomic E-state index is 0.0552. The van der Waals surface area contributed by atoms with Gasteiger partial charge in [0.05, 0.1) is 0 Å². The van der Waals surface area contributed by atoms with Crippen molar-refractivity contribution >= 4 is 5.97 Å². The zero-order valence-corrected chi connectivity index (χ0v) is 9.13. The van der Waals surface area contributed by atoms with E-state index in [4.69, 9.17) is 4.84 Å². The minimum Gasteiger partial charge on any atom is -0.368 e. The number of piperidine rings is 1. The van der Waals surface area contributed by atoms with E-state index in [9.17, 15) is 4.79 Å². The fraction of sp³-hybridized carbons (Fsp3) is 0.909. The largest absolute Gasteiger partial charge is 0.368 e. The van der Waals surface area contributed by atoms with Crippen molar-refractivity contribution in [2.45, 2.75) is 51.9 Å². The summed E-state index contributed by atoms with van der Waals surface area (Å²) in [5.74, 6) is -0.0552. The third-order valence-corrected chi connectivity index (χ3v) is 2.53. The highest BCUT2D eigenvalue weighted by Gasteiger charge is 2.14. The molecule has 0 atom stereocenters. The quantitative estimate of drug-likeness (QED) is 0.637. The van der Waals surface area contributed by atoms with E-state index in [1.54, 1.807) is 0 Å². The van der Waals surface area contributed by atoms with E-state index in [1.807, 2.05) is 5.06 Å². The fourth-order valence-electron chi connectivity index (χ4n) is 1.67. The molecule has 1 aliphatic rings. The van der Waals surface area contributed by atoms with Gasteiger partial charge in [-0.1, -0.05) is 26.2 Å². The van der Waals surface area contributed by atoms with Crippen molar-refractivity contribution in [3.05, 3.63) is 0 Å². The molecule has 0 N–H and O–H groups in total. The van der Waals surface area contributed by atoms with E-state index in [0.717, 1.165) is 45.2 Å². The molecule has 0 spiro atoms. The lowest BCUT2D eigenvalue weighted by Crippen LogP contribution is -2.32. The predicted octanol–water partition coefficient (Wildman–Crippen LogP) is 2.51. The van der Waals surface area contributed by atoms with Crippen LogP contribution in [0.3, 0.4) is 0 Å². The molecule has 0 aliphatic carbocycles. The molecule has 0 aromatic heterocycles. The fourth-order valence-corrected chi connectivity index (χ4v) is 1.67. The summed E-state index contributed by atoms with van der Waals surface area (Å²) < 4.78 is 0. The van der Waals surface area contributed by atoms with Gasteiger partial charge in [-0.2, -0.15) is 0 Å². The summed E-state index contributed by atoms with van der Waals surface area (Å²) in [7, 11) is 0. The monoisotopic (exact) mass is 199 g/mol. The van der Waals surface area contributed by atoms with Gasteiger partial charge in [0.25, 0.3) is 0 Å². The Morgan fingerprint density at radius 3 is 2.57 bits per heavy atom. The summed E-state index contributed by atoms with van der Waals surface area (Å²) in [4.78, 5) is 16.6. The summed E-state index contributed by atoms with van der Waals surface area (Å²) in [6, 6.07) is 0. The SMILES string of the molecule is CCCCCC(=O)ON1CCCCC1. The molecule has 1 fully saturated rings. The summed E-state index contributed by atoms with van der Waals surface area (Å²) in [6.07, 6.45) is 7.38. The Bertz CT molecular complexity index is 165. The Morgan fingerprint density at radius 2 is 1.93 bits per heavy atom. The van der Waals surface area contributed by atoms with Crippen LogP contribution in [0.15, 0.2) is 0 Å². The smallest absolute Gasteiger partial charge is 0.325 e. The number of unbranched alkanes of at least 4 members (excludes halogenated alkanes) is 2. The summed E-state index contributed by atoms with van der Waals surface area (Å²) in [5.41, 5.74) is 0. The molecule has 1 rings (SSSR count). The highest BCUT2D eigenvalue weighted by atomic mass is 16.7. The van der Waals surface area contributed by atoms with Crippen LogP contribution in [0, 0.1) is 0 Å². The molecular weight excluding hydrogens is 178 g/mol. The van der Waals surface area contributed by atoms with Crippen LogP contribution in [0.4, 0.5) is 0 Å². The van der Waals surface area contributed by atoms with Crippen LogP contribution in [0.1, 0.15) is 51.9 Å². The Hall–Kier alpha value is -0.570. The van der Waals surface area contributed by atoms with Crippen molar-refractivity contribution < 1.29 is 9.63 Å². The average Bonchev–Trinajstić information content (AvgIpc) is 2.20. The highest BCUT2D eigenvalue weighted by molar-refractivity contribution is 5.68. The molecule has 1 saturated heterocycles. The number of carbonyl (C=O) groups excluding carboxylic acids is 1. The van der Waals surface area contributed by atoms with E-state index in [1.165, 1.54) is 6.42 Å². The van der Waals surface area contributed by atoms with Gasteiger partial charge in [-0.15, -0.1) is 5.06 Å². The first-order valence-corrected chi connectivity index (χ1v) is 5.78. The van der Waals surface area contributed by atoms with Crippen LogP contribution < -0.4 is 0 Å². The lowest BCUT2D eigenvalue weighted by molar-refractivity contribution is -0.194. The second-order valence-electron chi connectivity index (χ2n) is 3.91. The lowest BCUT2D eigenvalue weighted by Gasteiger charge is -2.24. The van der Waals surface area contributed by atoms with Gasteiger partial charge in [-0.3, -0.25) is 4.79 Å². The van der Waals surface area contributed by atoms with Crippen LogP contribution in [0.25, 0.3) is 0 Å². The zero-order valence-electron chi connectivity index (χ0n) is 9.13. The maximum Gasteiger partial charge on any atom is 0.325 e. The lowest BCUT2D eigenvalue weighted by atomic mass is 10.2. The predicted molar refractivity (Wildman–Crippen MR) is 55.7 cm³/mol. The molecule has 82 valence electrons. The molecule has 0 radical (unpaired) electrons. The summed E-state index contributed by atoms with van der Waals surface area (Å²) >= 11 is 0. The van der Waals surface area contributed by atoms with Gasteiger partial charge in [-0.05, 0) is 19.3 Å². The second kappa shape index (κ2) is 6.82. The minimum atomic E-state index is -0.0552. The molecule has 1 aliphatic heterocycles. The molecule has 0 unspecified atom stereocenters. The Morgan fingerprint density at radius 1 is 1.21 bits per heavy atom. The maximum absolute atomic E-state index is 11.3. The third kappa shape index (κ3) is 4.61. The van der Waals surface area contributed by atoms with Crippen molar-refractivity contribution in [1.82, 2.24) is 5.06 Å². The van der Waals surface area contributed by atoms with Crippen LogP contribution >= 0.6 is 0 Å². The highest BCUT2D eigenvalue weighted by Crippen LogP contribution is 2.10. The molecule has 3 nitrogen and oxygen atoms in total. The van der Waals surface area contributed by atoms with Crippen LogP contribution in [-0.4, -0.2) is 24.1 Å². The van der Waals surface area contributed by atoms with Gasteiger partial charge < -0.3 is 4.84 Å². The second-order valence-corrected chi connectivity index (χ2v) is 3.91. The van der Waals surface area contributed by atoms with Crippen LogP contribution in [-0.2, 0) is 9.63 Å². The van der Waals surface area contributed by atoms with Gasteiger partial charge in [0.2, 0.25) is 0 Å². The molecule has 0 bridgehead atoms. The Kier molecular flexibility index (Phi) is 5.60. The first kappa shape index (κ1) is 11.5. The van der Waals surface area contributed by atoms with Crippen molar-refractivity contribution in [2.75, 3.05) is 13.1 Å². The van der Waals surface area contributed by atoms with Gasteiger partial charge >= 0.3 is 5.97 Å². The third-order valence-electron chi connectivity index (χ3n) is 2.53. The van der Waals surface area contributed by atoms with E-state index in [0.29, 0.717) is 6.42 Å². The first-order chi connectivity index (χ1) is 6.83. The maximum atomic E-state index is 11.3. The number of carbonyl (C=O) groups is 1. The molecule has 1 heterocycles. The van der Waals surface area contributed by atoms with Gasteiger partial charge in [0.1, 0.15) is 0 Å². The molecule has 0 amide bonds. The number of hydrogen-bond donors (Lipinski definition) is 0. The molecule has 0 saturated carbocycles. The molecular formula is C11H21NO2. The first-order valence-electron chi connectivity index (χ1n) is 5.78. The van der Waals surface area contributed by atoms with Gasteiger partial charge in [0.15, 0.2) is 0 Å². The number of hydroxylamine groups is 2. The van der Waals surface area contributed by atoms with Crippen molar-refractivity contribution in [3.63, 3.8) is 0 Å². The van der Waals surface area contributed by atoms with Gasteiger partial charge in [-0.25, -0.2) is 0 Å². The van der Waals surface area contributed by atoms with E-state index < -0.39 is 0 Å². The zero-order chi connectivity index (χ0) is 10.2. The van der Waals surface area contributed by atoms with Crippen molar-refractivity contribution in [2.24, 2.45) is 0 Å². The van der Waals surface area contributed by atoms with Crippen molar-refractivity contribution in [1.29, 1.82) is 0 Å². The normalized spacial score (nSPS) is 18.1. The Labute approximate surface area is 86.4 Å².